The lowest BCUT2D eigenvalue weighted by atomic mass is 10.1. The van der Waals surface area contributed by atoms with E-state index in [4.69, 9.17) is 14.2 Å². The molecule has 0 aromatic heterocycles. The third-order valence-corrected chi connectivity index (χ3v) is 2.92. The first-order chi connectivity index (χ1) is 9.19. The van der Waals surface area contributed by atoms with Crippen LogP contribution in [0.3, 0.4) is 0 Å². The molecule has 0 fully saturated rings. The van der Waals surface area contributed by atoms with Gasteiger partial charge in [-0.25, -0.2) is 4.39 Å². The molecule has 1 atom stereocenters. The summed E-state index contributed by atoms with van der Waals surface area (Å²) in [7, 11) is 3.06. The highest BCUT2D eigenvalue weighted by Gasteiger charge is 2.27. The van der Waals surface area contributed by atoms with E-state index in [0.717, 1.165) is 0 Å². The summed E-state index contributed by atoms with van der Waals surface area (Å²) >= 11 is 0. The summed E-state index contributed by atoms with van der Waals surface area (Å²) in [6.07, 6.45) is -0.230. The monoisotopic (exact) mass is 271 g/mol. The van der Waals surface area contributed by atoms with Gasteiger partial charge < -0.3 is 24.6 Å². The van der Waals surface area contributed by atoms with Crippen LogP contribution in [0, 0.1) is 5.82 Å². The summed E-state index contributed by atoms with van der Waals surface area (Å²) in [4.78, 5) is 0. The van der Waals surface area contributed by atoms with Gasteiger partial charge in [0, 0.05) is 19.0 Å². The van der Waals surface area contributed by atoms with E-state index >= 15 is 0 Å². The topological polar surface area (TPSA) is 60.0 Å². The number of likely N-dealkylation sites (N-methyl/N-ethyl adjacent to an activating group) is 1. The summed E-state index contributed by atoms with van der Waals surface area (Å²) in [6.45, 7) is 1.18. The number of ether oxygens (including phenoxy) is 3. The first-order valence-corrected chi connectivity index (χ1v) is 6.17. The lowest BCUT2D eigenvalue weighted by Crippen LogP contribution is -2.18. The van der Waals surface area contributed by atoms with Crippen LogP contribution in [0.15, 0.2) is 6.07 Å². The fourth-order valence-corrected chi connectivity index (χ4v) is 2.09. The van der Waals surface area contributed by atoms with Crippen molar-refractivity contribution in [1.29, 1.82) is 0 Å². The minimum atomic E-state index is -0.939. The molecule has 0 spiro atoms. The van der Waals surface area contributed by atoms with E-state index in [1.165, 1.54) is 13.2 Å². The predicted octanol–water partition coefficient (Wildman–Crippen LogP) is 1.25. The molecular formula is C13H18FNO4. The lowest BCUT2D eigenvalue weighted by Gasteiger charge is -2.20. The molecule has 2 N–H and O–H groups in total. The van der Waals surface area contributed by atoms with Gasteiger partial charge in [-0.15, -0.1) is 0 Å². The Hall–Kier alpha value is -1.53. The van der Waals surface area contributed by atoms with Crippen molar-refractivity contribution in [3.63, 3.8) is 0 Å². The number of aliphatic hydroxyl groups excluding tert-OH is 1. The van der Waals surface area contributed by atoms with E-state index in [9.17, 15) is 9.50 Å². The van der Waals surface area contributed by atoms with E-state index in [-0.39, 0.29) is 17.9 Å². The molecule has 6 heteroatoms. The van der Waals surface area contributed by atoms with E-state index < -0.39 is 11.9 Å². The first-order valence-electron chi connectivity index (χ1n) is 6.17. The van der Waals surface area contributed by atoms with Crippen molar-refractivity contribution >= 4 is 0 Å². The standard InChI is InChI=1S/C13H18FNO4/c1-15-7-9(16)11-12(17-2)8(14)6-10-13(11)19-5-3-4-18-10/h6,9,15-16H,3-5,7H2,1-2H3. The van der Waals surface area contributed by atoms with E-state index in [1.54, 1.807) is 7.05 Å². The summed E-state index contributed by atoms with van der Waals surface area (Å²) in [6, 6.07) is 1.23. The van der Waals surface area contributed by atoms with Crippen LogP contribution in [0.2, 0.25) is 0 Å². The minimum absolute atomic E-state index is 0.00741. The van der Waals surface area contributed by atoms with Gasteiger partial charge in [-0.2, -0.15) is 0 Å². The van der Waals surface area contributed by atoms with Gasteiger partial charge in [0.1, 0.15) is 0 Å². The van der Waals surface area contributed by atoms with Crippen molar-refractivity contribution < 1.29 is 23.7 Å². The van der Waals surface area contributed by atoms with Gasteiger partial charge in [0.25, 0.3) is 0 Å². The molecule has 1 aromatic carbocycles. The summed E-state index contributed by atoms with van der Waals surface area (Å²) in [5, 5.41) is 13.0. The molecule has 0 amide bonds. The lowest BCUT2D eigenvalue weighted by molar-refractivity contribution is 0.165. The molecule has 1 aromatic rings. The molecule has 1 unspecified atom stereocenters. The average molecular weight is 271 g/mol. The van der Waals surface area contributed by atoms with Gasteiger partial charge >= 0.3 is 0 Å². The van der Waals surface area contributed by atoms with Gasteiger partial charge in [-0.1, -0.05) is 0 Å². The number of hydrogen-bond donors (Lipinski definition) is 2. The van der Waals surface area contributed by atoms with Crippen molar-refractivity contribution in [2.24, 2.45) is 0 Å². The summed E-state index contributed by atoms with van der Waals surface area (Å²) in [5.41, 5.74) is 0.286. The quantitative estimate of drug-likeness (QED) is 0.863. The number of methoxy groups -OCH3 is 1. The smallest absolute Gasteiger partial charge is 0.170 e. The van der Waals surface area contributed by atoms with Crippen molar-refractivity contribution in [3.8, 4) is 17.2 Å². The number of rotatable bonds is 4. The van der Waals surface area contributed by atoms with Crippen LogP contribution in [-0.2, 0) is 0 Å². The van der Waals surface area contributed by atoms with Gasteiger partial charge in [0.15, 0.2) is 23.1 Å². The van der Waals surface area contributed by atoms with E-state index in [2.05, 4.69) is 5.32 Å². The Morgan fingerprint density at radius 2 is 2.21 bits per heavy atom. The second kappa shape index (κ2) is 6.08. The summed E-state index contributed by atoms with van der Waals surface area (Å²) in [5.74, 6) is 0.0864. The number of hydrogen-bond acceptors (Lipinski definition) is 5. The molecule has 2 rings (SSSR count). The van der Waals surface area contributed by atoms with Crippen molar-refractivity contribution in [2.75, 3.05) is 33.9 Å². The molecule has 0 saturated heterocycles. The van der Waals surface area contributed by atoms with Gasteiger partial charge in [0.05, 0.1) is 32.0 Å². The van der Waals surface area contributed by atoms with Crippen LogP contribution in [0.25, 0.3) is 0 Å². The largest absolute Gasteiger partial charge is 0.493 e. The fourth-order valence-electron chi connectivity index (χ4n) is 2.09. The Kier molecular flexibility index (Phi) is 4.44. The number of fused-ring (bicyclic) bond motifs is 1. The van der Waals surface area contributed by atoms with Gasteiger partial charge in [0.2, 0.25) is 0 Å². The van der Waals surface area contributed by atoms with E-state index in [1.807, 2.05) is 0 Å². The maximum absolute atomic E-state index is 14.0. The van der Waals surface area contributed by atoms with Crippen molar-refractivity contribution in [2.45, 2.75) is 12.5 Å². The van der Waals surface area contributed by atoms with Gasteiger partial charge in [-0.3, -0.25) is 0 Å². The zero-order valence-electron chi connectivity index (χ0n) is 11.0. The third-order valence-electron chi connectivity index (χ3n) is 2.92. The molecular weight excluding hydrogens is 253 g/mol. The zero-order chi connectivity index (χ0) is 13.8. The Morgan fingerprint density at radius 1 is 1.47 bits per heavy atom. The molecule has 5 nitrogen and oxygen atoms in total. The Balaban J connectivity index is 2.54. The number of nitrogens with one attached hydrogen (secondary N) is 1. The number of benzene rings is 1. The van der Waals surface area contributed by atoms with Crippen molar-refractivity contribution in [3.05, 3.63) is 17.4 Å². The molecule has 19 heavy (non-hydrogen) atoms. The molecule has 0 aliphatic carbocycles. The first kappa shape index (κ1) is 13.9. The average Bonchev–Trinajstić information content (AvgIpc) is 2.62. The minimum Gasteiger partial charge on any atom is -0.493 e. The fraction of sp³-hybridized carbons (Fsp3) is 0.538. The maximum Gasteiger partial charge on any atom is 0.170 e. The van der Waals surface area contributed by atoms with Crippen molar-refractivity contribution in [1.82, 2.24) is 5.32 Å². The highest BCUT2D eigenvalue weighted by Crippen LogP contribution is 2.44. The molecule has 0 bridgehead atoms. The van der Waals surface area contributed by atoms with Gasteiger partial charge in [-0.05, 0) is 7.05 Å². The second-order valence-corrected chi connectivity index (χ2v) is 4.26. The highest BCUT2D eigenvalue weighted by atomic mass is 19.1. The molecule has 1 aliphatic rings. The normalized spacial score (nSPS) is 15.8. The second-order valence-electron chi connectivity index (χ2n) is 4.26. The van der Waals surface area contributed by atoms with Crippen LogP contribution < -0.4 is 19.5 Å². The molecule has 1 aliphatic heterocycles. The molecule has 1 heterocycles. The Morgan fingerprint density at radius 3 is 2.89 bits per heavy atom. The van der Waals surface area contributed by atoms with Crippen LogP contribution in [0.1, 0.15) is 18.1 Å². The Labute approximate surface area is 111 Å². The van der Waals surface area contributed by atoms with E-state index in [0.29, 0.717) is 31.1 Å². The van der Waals surface area contributed by atoms with Crippen LogP contribution in [0.5, 0.6) is 17.2 Å². The van der Waals surface area contributed by atoms with Crippen LogP contribution >= 0.6 is 0 Å². The maximum atomic E-state index is 14.0. The SMILES string of the molecule is CNCC(O)c1c(OC)c(F)cc2c1OCCCO2. The Bertz CT molecular complexity index is 453. The third kappa shape index (κ3) is 2.74. The molecule has 0 radical (unpaired) electrons. The molecule has 0 saturated carbocycles. The number of halogens is 1. The molecule has 106 valence electrons. The number of aliphatic hydroxyl groups is 1. The zero-order valence-corrected chi connectivity index (χ0v) is 11.0. The van der Waals surface area contributed by atoms with Crippen LogP contribution in [-0.4, -0.2) is 39.0 Å². The van der Waals surface area contributed by atoms with Crippen LogP contribution in [0.4, 0.5) is 4.39 Å². The highest BCUT2D eigenvalue weighted by molar-refractivity contribution is 5.56. The predicted molar refractivity (Wildman–Crippen MR) is 67.4 cm³/mol. The summed E-state index contributed by atoms with van der Waals surface area (Å²) < 4.78 is 30.1.